The Morgan fingerprint density at radius 1 is 1.27 bits per heavy atom. The Balaban J connectivity index is 1.57. The van der Waals surface area contributed by atoms with Crippen molar-refractivity contribution in [3.8, 4) is 17.1 Å². The number of rotatable bonds is 3. The van der Waals surface area contributed by atoms with Crippen molar-refractivity contribution in [2.45, 2.75) is 31.8 Å². The number of primary amides is 1. The van der Waals surface area contributed by atoms with Gasteiger partial charge >= 0.3 is 0 Å². The van der Waals surface area contributed by atoms with Gasteiger partial charge in [0.1, 0.15) is 28.6 Å². The molecule has 0 radical (unpaired) electrons. The highest BCUT2D eigenvalue weighted by Crippen LogP contribution is 2.39. The maximum Gasteiger partial charge on any atom is 0.240 e. The summed E-state index contributed by atoms with van der Waals surface area (Å²) in [6.07, 6.45) is 4.29. The Morgan fingerprint density at radius 2 is 2.20 bits per heavy atom. The Labute approximate surface area is 171 Å². The molecule has 1 aromatic carbocycles. The van der Waals surface area contributed by atoms with E-state index in [0.29, 0.717) is 17.8 Å². The summed E-state index contributed by atoms with van der Waals surface area (Å²) in [4.78, 5) is 23.2. The quantitative estimate of drug-likeness (QED) is 0.531. The number of aryl methyl sites for hydroxylation is 1. The van der Waals surface area contributed by atoms with E-state index in [9.17, 15) is 4.79 Å². The molecule has 10 nitrogen and oxygen atoms in total. The summed E-state index contributed by atoms with van der Waals surface area (Å²) in [7, 11) is 0. The van der Waals surface area contributed by atoms with Gasteiger partial charge in [0.25, 0.3) is 0 Å². The molecule has 10 heteroatoms. The standard InChI is InChI=1S/C20H20N8O2/c21-18(29)14-3-1-6-27(14)11-9-13-17-15(10-11)30-8-2-7-28(17)20(23-13)12-4-5-22-19-16(12)24-26-25-19/h4-5,9-10,14H,1-3,6-8H2,(H2,21,29)(H,22,24,25,26)/t14-/m0/s1. The number of imidazole rings is 1. The first-order chi connectivity index (χ1) is 14.7. The molecular weight excluding hydrogens is 384 g/mol. The maximum atomic E-state index is 11.9. The van der Waals surface area contributed by atoms with Crippen molar-refractivity contribution in [2.75, 3.05) is 18.1 Å². The minimum absolute atomic E-state index is 0.295. The van der Waals surface area contributed by atoms with Crippen LogP contribution in [0.1, 0.15) is 19.3 Å². The van der Waals surface area contributed by atoms with E-state index in [1.54, 1.807) is 6.20 Å². The van der Waals surface area contributed by atoms with Gasteiger partial charge in [-0.05, 0) is 31.4 Å². The number of ether oxygens (including phenoxy) is 1. The monoisotopic (exact) mass is 404 g/mol. The molecule has 1 amide bonds. The van der Waals surface area contributed by atoms with Crippen LogP contribution in [0.25, 0.3) is 33.6 Å². The number of H-pyrrole nitrogens is 1. The van der Waals surface area contributed by atoms with Gasteiger partial charge in [-0.2, -0.15) is 0 Å². The number of aromatic nitrogens is 6. The molecule has 3 N–H and O–H groups in total. The second kappa shape index (κ2) is 6.41. The molecule has 1 atom stereocenters. The fourth-order valence-electron chi connectivity index (χ4n) is 4.63. The van der Waals surface area contributed by atoms with Crippen LogP contribution in [0.5, 0.6) is 5.75 Å². The van der Waals surface area contributed by atoms with E-state index in [1.807, 2.05) is 18.2 Å². The molecule has 2 aliphatic heterocycles. The Kier molecular flexibility index (Phi) is 3.67. The van der Waals surface area contributed by atoms with Crippen LogP contribution in [0.3, 0.4) is 0 Å². The number of nitrogens with zero attached hydrogens (tertiary/aromatic N) is 6. The third-order valence-corrected chi connectivity index (χ3v) is 5.96. The highest BCUT2D eigenvalue weighted by molar-refractivity contribution is 5.94. The molecular formula is C20H20N8O2. The van der Waals surface area contributed by atoms with Crippen LogP contribution in [-0.4, -0.2) is 55.0 Å². The van der Waals surface area contributed by atoms with E-state index >= 15 is 0 Å². The average Bonchev–Trinajstić information content (AvgIpc) is 3.45. The van der Waals surface area contributed by atoms with E-state index in [2.05, 4.69) is 29.9 Å². The van der Waals surface area contributed by atoms with Crippen LogP contribution >= 0.6 is 0 Å². The summed E-state index contributed by atoms with van der Waals surface area (Å²) in [6, 6.07) is 5.65. The number of benzene rings is 1. The van der Waals surface area contributed by atoms with E-state index < -0.39 is 0 Å². The van der Waals surface area contributed by atoms with Crippen molar-refractivity contribution in [1.82, 2.24) is 29.9 Å². The van der Waals surface area contributed by atoms with Crippen LogP contribution < -0.4 is 15.4 Å². The van der Waals surface area contributed by atoms with Gasteiger partial charge in [-0.3, -0.25) is 4.79 Å². The van der Waals surface area contributed by atoms with Crippen LogP contribution in [0.2, 0.25) is 0 Å². The number of anilines is 1. The average molecular weight is 404 g/mol. The number of carbonyl (C=O) groups excluding carboxylic acids is 1. The summed E-state index contributed by atoms with van der Waals surface area (Å²) in [5.41, 5.74) is 10.5. The van der Waals surface area contributed by atoms with Gasteiger partial charge in [-0.1, -0.05) is 5.21 Å². The zero-order valence-corrected chi connectivity index (χ0v) is 16.2. The molecule has 152 valence electrons. The molecule has 0 aliphatic carbocycles. The van der Waals surface area contributed by atoms with Crippen molar-refractivity contribution in [2.24, 2.45) is 5.73 Å². The predicted octanol–water partition coefficient (Wildman–Crippen LogP) is 1.61. The van der Waals surface area contributed by atoms with Crippen LogP contribution in [0.15, 0.2) is 24.4 Å². The molecule has 3 aromatic heterocycles. The smallest absolute Gasteiger partial charge is 0.240 e. The summed E-state index contributed by atoms with van der Waals surface area (Å²) >= 11 is 0. The van der Waals surface area contributed by atoms with Gasteiger partial charge in [0.2, 0.25) is 5.91 Å². The highest BCUT2D eigenvalue weighted by atomic mass is 16.5. The number of amides is 1. The number of hydrogen-bond donors (Lipinski definition) is 2. The molecule has 1 fully saturated rings. The van der Waals surface area contributed by atoms with Crippen LogP contribution in [0.4, 0.5) is 5.69 Å². The Morgan fingerprint density at radius 3 is 3.10 bits per heavy atom. The van der Waals surface area contributed by atoms with Gasteiger partial charge < -0.3 is 19.9 Å². The van der Waals surface area contributed by atoms with Gasteiger partial charge in [-0.15, -0.1) is 5.10 Å². The molecule has 30 heavy (non-hydrogen) atoms. The van der Waals surface area contributed by atoms with Crippen LogP contribution in [-0.2, 0) is 11.3 Å². The largest absolute Gasteiger partial charge is 0.491 e. The summed E-state index contributed by atoms with van der Waals surface area (Å²) in [6.45, 7) is 2.19. The third-order valence-electron chi connectivity index (χ3n) is 5.96. The fraction of sp³-hybridized carbons (Fsp3) is 0.350. The highest BCUT2D eigenvalue weighted by Gasteiger charge is 2.31. The predicted molar refractivity (Wildman–Crippen MR) is 110 cm³/mol. The van der Waals surface area contributed by atoms with Gasteiger partial charge in [0.15, 0.2) is 5.65 Å². The minimum Gasteiger partial charge on any atom is -0.491 e. The topological polar surface area (TPSA) is 128 Å². The zero-order chi connectivity index (χ0) is 20.2. The third kappa shape index (κ3) is 2.46. The molecule has 0 saturated carbocycles. The number of nitrogens with one attached hydrogen (secondary N) is 1. The zero-order valence-electron chi connectivity index (χ0n) is 16.2. The number of carbonyl (C=O) groups is 1. The number of aromatic amines is 1. The number of nitrogens with two attached hydrogens (primary N) is 1. The molecule has 1 saturated heterocycles. The van der Waals surface area contributed by atoms with Crippen molar-refractivity contribution < 1.29 is 9.53 Å². The normalized spacial score (nSPS) is 18.7. The van der Waals surface area contributed by atoms with Crippen molar-refractivity contribution in [1.29, 1.82) is 0 Å². The number of fused-ring (bicyclic) bond motifs is 1. The minimum atomic E-state index is -0.296. The van der Waals surface area contributed by atoms with Gasteiger partial charge in [0.05, 0.1) is 17.7 Å². The van der Waals surface area contributed by atoms with Gasteiger partial charge in [0, 0.05) is 31.0 Å². The lowest BCUT2D eigenvalue weighted by molar-refractivity contribution is -0.119. The van der Waals surface area contributed by atoms with Crippen molar-refractivity contribution >= 4 is 33.8 Å². The number of pyridine rings is 1. The second-order valence-electron chi connectivity index (χ2n) is 7.72. The molecule has 5 heterocycles. The molecule has 6 rings (SSSR count). The molecule has 0 bridgehead atoms. The van der Waals surface area contributed by atoms with Crippen LogP contribution in [0, 0.1) is 0 Å². The van der Waals surface area contributed by atoms with Gasteiger partial charge in [-0.25, -0.2) is 15.1 Å². The Hall–Kier alpha value is -3.69. The van der Waals surface area contributed by atoms with Crippen molar-refractivity contribution in [3.63, 3.8) is 0 Å². The summed E-state index contributed by atoms with van der Waals surface area (Å²) in [5.74, 6) is 1.29. The summed E-state index contributed by atoms with van der Waals surface area (Å²) < 4.78 is 8.27. The van der Waals surface area contributed by atoms with E-state index in [1.165, 1.54) is 0 Å². The second-order valence-corrected chi connectivity index (χ2v) is 7.72. The van der Waals surface area contributed by atoms with E-state index in [0.717, 1.165) is 66.2 Å². The maximum absolute atomic E-state index is 11.9. The molecule has 2 aliphatic rings. The fourth-order valence-corrected chi connectivity index (χ4v) is 4.63. The lowest BCUT2D eigenvalue weighted by Gasteiger charge is -2.25. The molecule has 0 spiro atoms. The SMILES string of the molecule is NC(=O)[C@@H]1CCCN1c1cc2c3c(c1)nc(-c1ccnc4[nH]nnc14)n3CCCO2. The molecule has 0 unspecified atom stereocenters. The lowest BCUT2D eigenvalue weighted by atomic mass is 10.2. The first-order valence-corrected chi connectivity index (χ1v) is 10.1. The lowest BCUT2D eigenvalue weighted by Crippen LogP contribution is -2.40. The molecule has 4 aromatic rings. The Bertz CT molecular complexity index is 1290. The number of hydrogen-bond acceptors (Lipinski definition) is 7. The summed E-state index contributed by atoms with van der Waals surface area (Å²) in [5, 5.41) is 10.9. The van der Waals surface area contributed by atoms with Crippen molar-refractivity contribution in [3.05, 3.63) is 24.4 Å². The van der Waals surface area contributed by atoms with E-state index in [4.69, 9.17) is 15.5 Å². The van der Waals surface area contributed by atoms with E-state index in [-0.39, 0.29) is 11.9 Å². The first-order valence-electron chi connectivity index (χ1n) is 10.1. The first kappa shape index (κ1) is 17.2.